The second-order valence-corrected chi connectivity index (χ2v) is 6.33. The van der Waals surface area contributed by atoms with Crippen molar-refractivity contribution >= 4 is 23.4 Å². The van der Waals surface area contributed by atoms with Crippen LogP contribution in [0.1, 0.15) is 41.3 Å². The molecule has 1 aromatic carbocycles. The van der Waals surface area contributed by atoms with Crippen molar-refractivity contribution in [2.24, 2.45) is 0 Å². The SMILES string of the molecule is O=C(CC1OC(=O)c2ccccc21)Nc1ccc(N2CCCC2)nc1. The van der Waals surface area contributed by atoms with Crippen LogP contribution in [-0.2, 0) is 9.53 Å². The van der Waals surface area contributed by atoms with Crippen LogP contribution in [0.25, 0.3) is 0 Å². The Morgan fingerprint density at radius 2 is 2.00 bits per heavy atom. The average molecular weight is 337 g/mol. The summed E-state index contributed by atoms with van der Waals surface area (Å²) in [6, 6.07) is 10.9. The van der Waals surface area contributed by atoms with Gasteiger partial charge in [-0.05, 0) is 31.0 Å². The summed E-state index contributed by atoms with van der Waals surface area (Å²) < 4.78 is 5.30. The van der Waals surface area contributed by atoms with E-state index in [1.54, 1.807) is 18.3 Å². The lowest BCUT2D eigenvalue weighted by atomic mass is 10.0. The number of hydrogen-bond donors (Lipinski definition) is 1. The molecule has 2 aromatic rings. The molecular weight excluding hydrogens is 318 g/mol. The van der Waals surface area contributed by atoms with E-state index in [1.165, 1.54) is 12.8 Å². The molecule has 3 heterocycles. The van der Waals surface area contributed by atoms with E-state index >= 15 is 0 Å². The monoisotopic (exact) mass is 337 g/mol. The summed E-state index contributed by atoms with van der Waals surface area (Å²) >= 11 is 0. The maximum Gasteiger partial charge on any atom is 0.339 e. The molecule has 0 saturated carbocycles. The minimum atomic E-state index is -0.527. The third-order valence-corrected chi connectivity index (χ3v) is 4.61. The molecular formula is C19H19N3O3. The molecule has 1 aromatic heterocycles. The van der Waals surface area contributed by atoms with Crippen molar-refractivity contribution in [2.45, 2.75) is 25.4 Å². The minimum Gasteiger partial charge on any atom is -0.453 e. The second-order valence-electron chi connectivity index (χ2n) is 6.33. The van der Waals surface area contributed by atoms with Crippen molar-refractivity contribution in [3.63, 3.8) is 0 Å². The van der Waals surface area contributed by atoms with Crippen molar-refractivity contribution < 1.29 is 14.3 Å². The largest absolute Gasteiger partial charge is 0.453 e. The van der Waals surface area contributed by atoms with Gasteiger partial charge in [-0.2, -0.15) is 0 Å². The number of carbonyl (C=O) groups excluding carboxylic acids is 2. The lowest BCUT2D eigenvalue weighted by Crippen LogP contribution is -2.19. The topological polar surface area (TPSA) is 71.5 Å². The number of anilines is 2. The van der Waals surface area contributed by atoms with Crippen LogP contribution in [0, 0.1) is 0 Å². The van der Waals surface area contributed by atoms with E-state index in [0.29, 0.717) is 11.3 Å². The number of cyclic esters (lactones) is 1. The van der Waals surface area contributed by atoms with Gasteiger partial charge in [-0.25, -0.2) is 9.78 Å². The number of pyridine rings is 1. The third kappa shape index (κ3) is 3.20. The first-order valence-corrected chi connectivity index (χ1v) is 8.51. The van der Waals surface area contributed by atoms with Gasteiger partial charge < -0.3 is 15.0 Å². The van der Waals surface area contributed by atoms with Gasteiger partial charge in [0, 0.05) is 18.7 Å². The number of amides is 1. The number of esters is 1. The lowest BCUT2D eigenvalue weighted by molar-refractivity contribution is -0.118. The summed E-state index contributed by atoms with van der Waals surface area (Å²) in [6.45, 7) is 2.07. The molecule has 1 amide bonds. The van der Waals surface area contributed by atoms with Crippen LogP contribution < -0.4 is 10.2 Å². The van der Waals surface area contributed by atoms with Crippen molar-refractivity contribution in [3.8, 4) is 0 Å². The Morgan fingerprint density at radius 1 is 1.20 bits per heavy atom. The summed E-state index contributed by atoms with van der Waals surface area (Å²) in [5, 5.41) is 2.82. The normalized spacial score (nSPS) is 18.8. The Balaban J connectivity index is 1.39. The Labute approximate surface area is 145 Å². The van der Waals surface area contributed by atoms with Gasteiger partial charge in [-0.3, -0.25) is 4.79 Å². The number of hydrogen-bond acceptors (Lipinski definition) is 5. The quantitative estimate of drug-likeness (QED) is 0.869. The molecule has 128 valence electrons. The summed E-state index contributed by atoms with van der Waals surface area (Å²) in [6.07, 6.45) is 3.63. The Kier molecular flexibility index (Phi) is 4.09. The summed E-state index contributed by atoms with van der Waals surface area (Å²) in [7, 11) is 0. The van der Waals surface area contributed by atoms with E-state index < -0.39 is 6.10 Å². The first kappa shape index (κ1) is 15.6. The van der Waals surface area contributed by atoms with E-state index in [2.05, 4.69) is 15.2 Å². The number of ether oxygens (including phenoxy) is 1. The zero-order valence-corrected chi connectivity index (χ0v) is 13.8. The van der Waals surface area contributed by atoms with Gasteiger partial charge in [0.25, 0.3) is 0 Å². The highest BCUT2D eigenvalue weighted by Gasteiger charge is 2.32. The molecule has 2 aliphatic rings. The molecule has 1 fully saturated rings. The standard InChI is InChI=1S/C19H19N3O3/c23-18(11-16-14-5-1-2-6-15(14)19(24)25-16)21-13-7-8-17(20-12-13)22-9-3-4-10-22/h1-2,5-8,12,16H,3-4,9-11H2,(H,21,23). The molecule has 6 heteroatoms. The number of nitrogens with zero attached hydrogens (tertiary/aromatic N) is 2. The van der Waals surface area contributed by atoms with Crippen LogP contribution in [-0.4, -0.2) is 29.9 Å². The zero-order chi connectivity index (χ0) is 17.2. The molecule has 25 heavy (non-hydrogen) atoms. The molecule has 0 radical (unpaired) electrons. The van der Waals surface area contributed by atoms with E-state index in [0.717, 1.165) is 24.5 Å². The molecule has 0 spiro atoms. The first-order chi connectivity index (χ1) is 12.2. The highest BCUT2D eigenvalue weighted by molar-refractivity contribution is 5.96. The van der Waals surface area contributed by atoms with Gasteiger partial charge in [0.15, 0.2) is 0 Å². The minimum absolute atomic E-state index is 0.0939. The van der Waals surface area contributed by atoms with Crippen LogP contribution in [0.4, 0.5) is 11.5 Å². The van der Waals surface area contributed by atoms with E-state index in [-0.39, 0.29) is 18.3 Å². The maximum absolute atomic E-state index is 12.3. The van der Waals surface area contributed by atoms with Gasteiger partial charge in [0.1, 0.15) is 11.9 Å². The van der Waals surface area contributed by atoms with Crippen LogP contribution in [0.2, 0.25) is 0 Å². The number of fused-ring (bicyclic) bond motifs is 1. The molecule has 0 bridgehead atoms. The Bertz CT molecular complexity index is 798. The van der Waals surface area contributed by atoms with Crippen LogP contribution in [0.15, 0.2) is 42.6 Å². The summed E-state index contributed by atoms with van der Waals surface area (Å²) in [5.41, 5.74) is 1.95. The fourth-order valence-corrected chi connectivity index (χ4v) is 3.35. The summed E-state index contributed by atoms with van der Waals surface area (Å²) in [4.78, 5) is 30.8. The number of benzene rings is 1. The molecule has 0 aliphatic carbocycles. The van der Waals surface area contributed by atoms with E-state index in [1.807, 2.05) is 24.3 Å². The maximum atomic E-state index is 12.3. The molecule has 1 N–H and O–H groups in total. The first-order valence-electron chi connectivity index (χ1n) is 8.51. The zero-order valence-electron chi connectivity index (χ0n) is 13.8. The number of rotatable bonds is 4. The lowest BCUT2D eigenvalue weighted by Gasteiger charge is -2.16. The van der Waals surface area contributed by atoms with Crippen molar-refractivity contribution in [2.75, 3.05) is 23.3 Å². The van der Waals surface area contributed by atoms with Crippen molar-refractivity contribution in [1.29, 1.82) is 0 Å². The fourth-order valence-electron chi connectivity index (χ4n) is 3.35. The van der Waals surface area contributed by atoms with E-state index in [4.69, 9.17) is 4.74 Å². The number of aromatic nitrogens is 1. The van der Waals surface area contributed by atoms with Gasteiger partial charge in [0.2, 0.25) is 5.91 Å². The predicted molar refractivity (Wildman–Crippen MR) is 93.5 cm³/mol. The molecule has 2 aliphatic heterocycles. The third-order valence-electron chi connectivity index (χ3n) is 4.61. The molecule has 4 rings (SSSR count). The fraction of sp³-hybridized carbons (Fsp3) is 0.316. The second kappa shape index (κ2) is 6.55. The van der Waals surface area contributed by atoms with Crippen molar-refractivity contribution in [3.05, 3.63) is 53.7 Å². The van der Waals surface area contributed by atoms with Crippen molar-refractivity contribution in [1.82, 2.24) is 4.98 Å². The van der Waals surface area contributed by atoms with Gasteiger partial charge in [-0.1, -0.05) is 18.2 Å². The molecule has 6 nitrogen and oxygen atoms in total. The predicted octanol–water partition coefficient (Wildman–Crippen LogP) is 2.92. The highest BCUT2D eigenvalue weighted by atomic mass is 16.5. The van der Waals surface area contributed by atoms with Crippen LogP contribution >= 0.6 is 0 Å². The van der Waals surface area contributed by atoms with Gasteiger partial charge in [-0.15, -0.1) is 0 Å². The van der Waals surface area contributed by atoms with Gasteiger partial charge >= 0.3 is 5.97 Å². The van der Waals surface area contributed by atoms with Gasteiger partial charge in [0.05, 0.1) is 23.9 Å². The molecule has 1 atom stereocenters. The van der Waals surface area contributed by atoms with E-state index in [9.17, 15) is 9.59 Å². The Morgan fingerprint density at radius 3 is 2.76 bits per heavy atom. The number of nitrogens with one attached hydrogen (secondary N) is 1. The smallest absolute Gasteiger partial charge is 0.339 e. The molecule has 1 unspecified atom stereocenters. The molecule has 1 saturated heterocycles. The van der Waals surface area contributed by atoms with Crippen LogP contribution in [0.5, 0.6) is 0 Å². The highest BCUT2D eigenvalue weighted by Crippen LogP contribution is 2.33. The average Bonchev–Trinajstić information content (AvgIpc) is 3.25. The number of carbonyl (C=O) groups is 2. The van der Waals surface area contributed by atoms with Crippen LogP contribution in [0.3, 0.4) is 0 Å². The summed E-state index contributed by atoms with van der Waals surface area (Å²) in [5.74, 6) is 0.365. The Hall–Kier alpha value is -2.89.